The van der Waals surface area contributed by atoms with Crippen molar-refractivity contribution in [1.29, 1.82) is 0 Å². The topological polar surface area (TPSA) is 56.2 Å². The molecule has 2 aromatic rings. The van der Waals surface area contributed by atoms with Crippen molar-refractivity contribution in [2.75, 3.05) is 5.32 Å². The first-order valence-electron chi connectivity index (χ1n) is 6.72. The molecule has 0 fully saturated rings. The van der Waals surface area contributed by atoms with E-state index in [9.17, 15) is 4.79 Å². The van der Waals surface area contributed by atoms with Gasteiger partial charge in [-0.25, -0.2) is 4.79 Å². The van der Waals surface area contributed by atoms with Crippen molar-refractivity contribution in [3.05, 3.63) is 48.2 Å². The summed E-state index contributed by atoms with van der Waals surface area (Å²) in [6, 6.07) is 11.6. The molecule has 20 heavy (non-hydrogen) atoms. The molecule has 1 aromatic heterocycles. The number of benzene rings is 1. The maximum atomic E-state index is 11.7. The molecule has 0 saturated heterocycles. The molecule has 1 N–H and O–H groups in total. The van der Waals surface area contributed by atoms with Gasteiger partial charge in [0.15, 0.2) is 5.82 Å². The van der Waals surface area contributed by atoms with Crippen molar-refractivity contribution < 1.29 is 9.53 Å². The van der Waals surface area contributed by atoms with Crippen molar-refractivity contribution in [3.8, 4) is 0 Å². The van der Waals surface area contributed by atoms with Crippen LogP contribution in [-0.4, -0.2) is 15.9 Å². The van der Waals surface area contributed by atoms with E-state index in [1.54, 1.807) is 6.07 Å². The predicted octanol–water partition coefficient (Wildman–Crippen LogP) is 3.60. The number of aromatic nitrogens is 2. The summed E-state index contributed by atoms with van der Waals surface area (Å²) in [7, 11) is 0. The number of carbonyl (C=O) groups is 1. The van der Waals surface area contributed by atoms with Gasteiger partial charge in [-0.2, -0.15) is 5.10 Å². The van der Waals surface area contributed by atoms with Crippen LogP contribution in [0.15, 0.2) is 42.6 Å². The lowest BCUT2D eigenvalue weighted by Gasteiger charge is -2.08. The first kappa shape index (κ1) is 14.1. The fourth-order valence-electron chi connectivity index (χ4n) is 1.70. The average molecular weight is 273 g/mol. The van der Waals surface area contributed by atoms with E-state index in [-0.39, 0.29) is 6.61 Å². The maximum absolute atomic E-state index is 11.7. The number of hydrogen-bond acceptors (Lipinski definition) is 3. The van der Waals surface area contributed by atoms with Crippen molar-refractivity contribution in [2.45, 2.75) is 32.9 Å². The van der Waals surface area contributed by atoms with Crippen LogP contribution >= 0.6 is 0 Å². The molecule has 0 saturated carbocycles. The summed E-state index contributed by atoms with van der Waals surface area (Å²) < 4.78 is 6.95. The third-order valence-electron chi connectivity index (χ3n) is 3.09. The van der Waals surface area contributed by atoms with E-state index in [1.807, 2.05) is 41.2 Å². The molecule has 0 aliphatic rings. The number of hydrogen-bond donors (Lipinski definition) is 1. The third-order valence-corrected chi connectivity index (χ3v) is 3.09. The SMILES string of the molecule is CCC(C)n1ccc(NC(=O)OCc2ccccc2)n1. The van der Waals surface area contributed by atoms with Crippen molar-refractivity contribution in [1.82, 2.24) is 9.78 Å². The molecular formula is C15H19N3O2. The predicted molar refractivity (Wildman–Crippen MR) is 77.5 cm³/mol. The molecule has 0 bridgehead atoms. The van der Waals surface area contributed by atoms with E-state index in [4.69, 9.17) is 4.74 Å². The van der Waals surface area contributed by atoms with Gasteiger partial charge in [0.2, 0.25) is 0 Å². The van der Waals surface area contributed by atoms with E-state index < -0.39 is 6.09 Å². The van der Waals surface area contributed by atoms with Crippen molar-refractivity contribution in [2.24, 2.45) is 0 Å². The lowest BCUT2D eigenvalue weighted by molar-refractivity contribution is 0.155. The zero-order valence-electron chi connectivity index (χ0n) is 11.7. The molecule has 1 aromatic carbocycles. The van der Waals surface area contributed by atoms with Crippen LogP contribution in [-0.2, 0) is 11.3 Å². The number of nitrogens with zero attached hydrogens (tertiary/aromatic N) is 2. The number of rotatable bonds is 5. The fourth-order valence-corrected chi connectivity index (χ4v) is 1.70. The second kappa shape index (κ2) is 6.75. The lowest BCUT2D eigenvalue weighted by Crippen LogP contribution is -2.14. The van der Waals surface area contributed by atoms with Crippen LogP contribution in [0.2, 0.25) is 0 Å². The Kier molecular flexibility index (Phi) is 4.76. The molecule has 0 radical (unpaired) electrons. The number of carbonyl (C=O) groups excluding carboxylic acids is 1. The molecule has 0 aliphatic heterocycles. The highest BCUT2D eigenvalue weighted by Gasteiger charge is 2.08. The third kappa shape index (κ3) is 3.85. The number of anilines is 1. The van der Waals surface area contributed by atoms with Crippen LogP contribution in [0.4, 0.5) is 10.6 Å². The Bertz CT molecular complexity index is 551. The smallest absolute Gasteiger partial charge is 0.413 e. The van der Waals surface area contributed by atoms with Gasteiger partial charge in [0.1, 0.15) is 6.61 Å². The summed E-state index contributed by atoms with van der Waals surface area (Å²) in [5.74, 6) is 0.503. The van der Waals surface area contributed by atoms with Gasteiger partial charge < -0.3 is 4.74 Å². The highest BCUT2D eigenvalue weighted by Crippen LogP contribution is 2.12. The summed E-state index contributed by atoms with van der Waals surface area (Å²) >= 11 is 0. The molecule has 0 aliphatic carbocycles. The minimum atomic E-state index is -0.497. The second-order valence-electron chi connectivity index (χ2n) is 4.62. The van der Waals surface area contributed by atoms with E-state index >= 15 is 0 Å². The molecule has 5 nitrogen and oxygen atoms in total. The fraction of sp³-hybridized carbons (Fsp3) is 0.333. The second-order valence-corrected chi connectivity index (χ2v) is 4.62. The molecule has 1 atom stereocenters. The highest BCUT2D eigenvalue weighted by atomic mass is 16.5. The Morgan fingerprint density at radius 1 is 1.35 bits per heavy atom. The molecule has 106 valence electrons. The van der Waals surface area contributed by atoms with E-state index in [2.05, 4.69) is 24.3 Å². The molecule has 0 spiro atoms. The summed E-state index contributed by atoms with van der Waals surface area (Å²) in [6.07, 6.45) is 2.34. The quantitative estimate of drug-likeness (QED) is 0.905. The average Bonchev–Trinajstić information content (AvgIpc) is 2.94. The summed E-state index contributed by atoms with van der Waals surface area (Å²) in [4.78, 5) is 11.7. The molecule has 5 heteroatoms. The van der Waals surface area contributed by atoms with Crippen molar-refractivity contribution in [3.63, 3.8) is 0 Å². The van der Waals surface area contributed by atoms with Gasteiger partial charge >= 0.3 is 6.09 Å². The molecule has 1 heterocycles. The first-order chi connectivity index (χ1) is 9.69. The Balaban J connectivity index is 1.84. The van der Waals surface area contributed by atoms with E-state index in [0.717, 1.165) is 12.0 Å². The minimum absolute atomic E-state index is 0.249. The van der Waals surface area contributed by atoms with Crippen LogP contribution < -0.4 is 5.32 Å². The van der Waals surface area contributed by atoms with Gasteiger partial charge in [-0.05, 0) is 18.9 Å². The van der Waals surface area contributed by atoms with Crippen LogP contribution in [0.1, 0.15) is 31.9 Å². The van der Waals surface area contributed by atoms with Crippen LogP contribution in [0.5, 0.6) is 0 Å². The summed E-state index contributed by atoms with van der Waals surface area (Å²) in [5.41, 5.74) is 0.952. The van der Waals surface area contributed by atoms with Crippen LogP contribution in [0.3, 0.4) is 0 Å². The monoisotopic (exact) mass is 273 g/mol. The summed E-state index contributed by atoms with van der Waals surface area (Å²) in [6.45, 7) is 4.41. The lowest BCUT2D eigenvalue weighted by atomic mass is 10.2. The Morgan fingerprint density at radius 3 is 2.80 bits per heavy atom. The van der Waals surface area contributed by atoms with Gasteiger partial charge in [0, 0.05) is 18.3 Å². The minimum Gasteiger partial charge on any atom is -0.444 e. The molecule has 2 rings (SSSR count). The number of nitrogens with one attached hydrogen (secondary N) is 1. The molecule has 1 unspecified atom stereocenters. The Labute approximate surface area is 118 Å². The van der Waals surface area contributed by atoms with Gasteiger partial charge in [-0.3, -0.25) is 10.00 Å². The van der Waals surface area contributed by atoms with Crippen molar-refractivity contribution >= 4 is 11.9 Å². The maximum Gasteiger partial charge on any atom is 0.413 e. The normalized spacial score (nSPS) is 11.9. The van der Waals surface area contributed by atoms with Gasteiger partial charge in [-0.15, -0.1) is 0 Å². The van der Waals surface area contributed by atoms with E-state index in [1.165, 1.54) is 0 Å². The summed E-state index contributed by atoms with van der Waals surface area (Å²) in [5, 5.41) is 6.90. The largest absolute Gasteiger partial charge is 0.444 e. The van der Waals surface area contributed by atoms with Gasteiger partial charge in [0.05, 0.1) is 0 Å². The zero-order chi connectivity index (χ0) is 14.4. The van der Waals surface area contributed by atoms with Gasteiger partial charge in [-0.1, -0.05) is 37.3 Å². The number of ether oxygens (including phenoxy) is 1. The van der Waals surface area contributed by atoms with Crippen LogP contribution in [0, 0.1) is 0 Å². The molecule has 1 amide bonds. The van der Waals surface area contributed by atoms with Crippen LogP contribution in [0.25, 0.3) is 0 Å². The van der Waals surface area contributed by atoms with E-state index in [0.29, 0.717) is 11.9 Å². The zero-order valence-corrected chi connectivity index (χ0v) is 11.7. The standard InChI is InChI=1S/C15H19N3O2/c1-3-12(2)18-10-9-14(17-18)16-15(19)20-11-13-7-5-4-6-8-13/h4-10,12H,3,11H2,1-2H3,(H,16,17,19). The first-order valence-corrected chi connectivity index (χ1v) is 6.72. The van der Waals surface area contributed by atoms with Gasteiger partial charge in [0.25, 0.3) is 0 Å². The molecular weight excluding hydrogens is 254 g/mol. The Hall–Kier alpha value is -2.30. The Morgan fingerprint density at radius 2 is 2.10 bits per heavy atom. The number of amides is 1. The highest BCUT2D eigenvalue weighted by molar-refractivity contribution is 5.83.